The van der Waals surface area contributed by atoms with Crippen LogP contribution in [0.3, 0.4) is 0 Å². The highest BCUT2D eigenvalue weighted by Gasteiger charge is 2.19. The van der Waals surface area contributed by atoms with Gasteiger partial charge < -0.3 is 5.11 Å². The van der Waals surface area contributed by atoms with Gasteiger partial charge in [0, 0.05) is 35.5 Å². The molecule has 0 fully saturated rings. The fraction of sp³-hybridized carbons (Fsp3) is 0.190. The number of H-pyrrole nitrogens is 1. The standard InChI is InChI=1S/C21H19FN4O/c22-16-6-4-15(5-7-16)20-19(14-8-10-23-11-9-14)17(3-1-2-12-27)18-13-24-26-21(18)25-20/h4-11,13,27H,1-3,12H2,(H,24,25,26). The van der Waals surface area contributed by atoms with Crippen LogP contribution in [0.5, 0.6) is 0 Å². The number of pyridine rings is 2. The molecule has 0 unspecified atom stereocenters. The first-order valence-corrected chi connectivity index (χ1v) is 8.91. The van der Waals surface area contributed by atoms with Crippen LogP contribution in [0.1, 0.15) is 18.4 Å². The molecule has 5 nitrogen and oxygen atoms in total. The maximum absolute atomic E-state index is 13.4. The van der Waals surface area contributed by atoms with Gasteiger partial charge in [-0.25, -0.2) is 9.37 Å². The van der Waals surface area contributed by atoms with E-state index >= 15 is 0 Å². The Morgan fingerprint density at radius 2 is 1.74 bits per heavy atom. The van der Waals surface area contributed by atoms with Crippen molar-refractivity contribution in [2.24, 2.45) is 0 Å². The van der Waals surface area contributed by atoms with Gasteiger partial charge in [-0.05, 0) is 66.8 Å². The highest BCUT2D eigenvalue weighted by atomic mass is 19.1. The molecule has 1 aromatic carbocycles. The molecule has 136 valence electrons. The van der Waals surface area contributed by atoms with Gasteiger partial charge in [-0.15, -0.1) is 0 Å². The minimum Gasteiger partial charge on any atom is -0.396 e. The third-order valence-electron chi connectivity index (χ3n) is 4.63. The number of aromatic amines is 1. The minimum atomic E-state index is -0.282. The summed E-state index contributed by atoms with van der Waals surface area (Å²) in [5.74, 6) is -0.282. The van der Waals surface area contributed by atoms with Crippen LogP contribution in [0.25, 0.3) is 33.4 Å². The first kappa shape index (κ1) is 17.3. The molecule has 0 saturated carbocycles. The summed E-state index contributed by atoms with van der Waals surface area (Å²) in [6, 6.07) is 10.3. The van der Waals surface area contributed by atoms with Gasteiger partial charge in [0.1, 0.15) is 5.82 Å². The first-order chi connectivity index (χ1) is 13.3. The van der Waals surface area contributed by atoms with Crippen molar-refractivity contribution < 1.29 is 9.50 Å². The molecule has 3 aromatic heterocycles. The summed E-state index contributed by atoms with van der Waals surface area (Å²) >= 11 is 0. The van der Waals surface area contributed by atoms with Crippen LogP contribution in [0.15, 0.2) is 55.0 Å². The van der Waals surface area contributed by atoms with E-state index in [0.717, 1.165) is 52.6 Å². The number of hydrogen-bond donors (Lipinski definition) is 2. The van der Waals surface area contributed by atoms with Crippen molar-refractivity contribution >= 4 is 11.0 Å². The highest BCUT2D eigenvalue weighted by molar-refractivity contribution is 5.94. The van der Waals surface area contributed by atoms with Gasteiger partial charge in [0.25, 0.3) is 0 Å². The fourth-order valence-corrected chi connectivity index (χ4v) is 3.35. The number of fused-ring (bicyclic) bond motifs is 1. The van der Waals surface area contributed by atoms with Crippen molar-refractivity contribution in [3.8, 4) is 22.4 Å². The summed E-state index contributed by atoms with van der Waals surface area (Å²) in [6.45, 7) is 0.162. The summed E-state index contributed by atoms with van der Waals surface area (Å²) < 4.78 is 13.4. The molecule has 0 amide bonds. The molecule has 3 heterocycles. The largest absolute Gasteiger partial charge is 0.396 e. The second-order valence-corrected chi connectivity index (χ2v) is 6.37. The summed E-state index contributed by atoms with van der Waals surface area (Å²) in [7, 11) is 0. The predicted molar refractivity (Wildman–Crippen MR) is 103 cm³/mol. The minimum absolute atomic E-state index is 0.162. The number of rotatable bonds is 6. The lowest BCUT2D eigenvalue weighted by molar-refractivity contribution is 0.285. The molecule has 4 aromatic rings. The number of nitrogens with one attached hydrogen (secondary N) is 1. The van der Waals surface area contributed by atoms with E-state index in [0.29, 0.717) is 5.65 Å². The van der Waals surface area contributed by atoms with Crippen molar-refractivity contribution in [3.63, 3.8) is 0 Å². The van der Waals surface area contributed by atoms with E-state index in [1.807, 2.05) is 12.1 Å². The molecular formula is C21H19FN4O. The molecule has 0 atom stereocenters. The van der Waals surface area contributed by atoms with Gasteiger partial charge in [-0.1, -0.05) is 0 Å². The summed E-state index contributed by atoms with van der Waals surface area (Å²) in [6.07, 6.45) is 7.65. The van der Waals surface area contributed by atoms with E-state index in [2.05, 4.69) is 15.2 Å². The number of aliphatic hydroxyl groups is 1. The van der Waals surface area contributed by atoms with E-state index in [1.54, 1.807) is 30.7 Å². The number of benzene rings is 1. The van der Waals surface area contributed by atoms with Crippen LogP contribution in [0, 0.1) is 5.82 Å². The Labute approximate surface area is 155 Å². The van der Waals surface area contributed by atoms with E-state index in [4.69, 9.17) is 4.98 Å². The molecule has 0 aliphatic carbocycles. The Morgan fingerprint density at radius 3 is 2.48 bits per heavy atom. The van der Waals surface area contributed by atoms with Gasteiger partial charge in [-0.3, -0.25) is 10.1 Å². The van der Waals surface area contributed by atoms with Crippen LogP contribution < -0.4 is 0 Å². The maximum atomic E-state index is 13.4. The van der Waals surface area contributed by atoms with Crippen LogP contribution in [0.2, 0.25) is 0 Å². The molecular weight excluding hydrogens is 343 g/mol. The van der Waals surface area contributed by atoms with Gasteiger partial charge in [-0.2, -0.15) is 5.10 Å². The fourth-order valence-electron chi connectivity index (χ4n) is 3.35. The second kappa shape index (κ2) is 7.63. The zero-order chi connectivity index (χ0) is 18.6. The van der Waals surface area contributed by atoms with Gasteiger partial charge >= 0.3 is 0 Å². The Hall–Kier alpha value is -3.12. The number of aliphatic hydroxyl groups excluding tert-OH is 1. The van der Waals surface area contributed by atoms with Crippen molar-refractivity contribution in [2.75, 3.05) is 6.61 Å². The third-order valence-corrected chi connectivity index (χ3v) is 4.63. The lowest BCUT2D eigenvalue weighted by atomic mass is 9.91. The first-order valence-electron chi connectivity index (χ1n) is 8.91. The Morgan fingerprint density at radius 1 is 0.963 bits per heavy atom. The lowest BCUT2D eigenvalue weighted by Crippen LogP contribution is -2.00. The second-order valence-electron chi connectivity index (χ2n) is 6.37. The average Bonchev–Trinajstić information content (AvgIpc) is 3.17. The van der Waals surface area contributed by atoms with Gasteiger partial charge in [0.15, 0.2) is 5.65 Å². The molecule has 0 bridgehead atoms. The van der Waals surface area contributed by atoms with E-state index in [-0.39, 0.29) is 12.4 Å². The molecule has 0 aliphatic heterocycles. The SMILES string of the molecule is OCCCCc1c(-c2ccncc2)c(-c2ccc(F)cc2)nc2[nH]ncc12. The topological polar surface area (TPSA) is 74.7 Å². The summed E-state index contributed by atoms with van der Waals surface area (Å²) in [5.41, 5.74) is 5.42. The molecule has 6 heteroatoms. The molecule has 27 heavy (non-hydrogen) atoms. The molecule has 0 saturated heterocycles. The summed E-state index contributed by atoms with van der Waals surface area (Å²) in [4.78, 5) is 8.91. The zero-order valence-electron chi connectivity index (χ0n) is 14.7. The van der Waals surface area contributed by atoms with E-state index < -0.39 is 0 Å². The number of halogens is 1. The number of unbranched alkanes of at least 4 members (excludes halogenated alkanes) is 1. The highest BCUT2D eigenvalue weighted by Crippen LogP contribution is 2.37. The molecule has 2 N–H and O–H groups in total. The number of hydrogen-bond acceptors (Lipinski definition) is 4. The number of nitrogens with zero attached hydrogens (tertiary/aromatic N) is 3. The molecule has 0 aliphatic rings. The molecule has 0 radical (unpaired) electrons. The zero-order valence-corrected chi connectivity index (χ0v) is 14.7. The average molecular weight is 362 g/mol. The van der Waals surface area contributed by atoms with Crippen molar-refractivity contribution in [3.05, 3.63) is 66.4 Å². The van der Waals surface area contributed by atoms with Crippen LogP contribution >= 0.6 is 0 Å². The van der Waals surface area contributed by atoms with Crippen LogP contribution in [-0.2, 0) is 6.42 Å². The van der Waals surface area contributed by atoms with Gasteiger partial charge in [0.2, 0.25) is 0 Å². The molecule has 0 spiro atoms. The maximum Gasteiger partial charge on any atom is 0.156 e. The summed E-state index contributed by atoms with van der Waals surface area (Å²) in [5, 5.41) is 17.3. The van der Waals surface area contributed by atoms with Crippen molar-refractivity contribution in [1.29, 1.82) is 0 Å². The number of aromatic nitrogens is 4. The van der Waals surface area contributed by atoms with Gasteiger partial charge in [0.05, 0.1) is 11.9 Å². The Kier molecular flexibility index (Phi) is 4.89. The smallest absolute Gasteiger partial charge is 0.156 e. The van der Waals surface area contributed by atoms with E-state index in [9.17, 15) is 9.50 Å². The van der Waals surface area contributed by atoms with E-state index in [1.165, 1.54) is 12.1 Å². The predicted octanol–water partition coefficient (Wildman–Crippen LogP) is 4.14. The Bertz CT molecular complexity index is 1050. The Balaban J connectivity index is 1.99. The van der Waals surface area contributed by atoms with Crippen LogP contribution in [0.4, 0.5) is 4.39 Å². The quantitative estimate of drug-likeness (QED) is 0.506. The third kappa shape index (κ3) is 3.44. The monoisotopic (exact) mass is 362 g/mol. The molecule has 4 rings (SSSR count). The normalized spacial score (nSPS) is 11.2. The van der Waals surface area contributed by atoms with Crippen LogP contribution in [-0.4, -0.2) is 31.9 Å². The van der Waals surface area contributed by atoms with Crippen molar-refractivity contribution in [1.82, 2.24) is 20.2 Å². The number of aryl methyl sites for hydroxylation is 1. The lowest BCUT2D eigenvalue weighted by Gasteiger charge is -2.16. The van der Waals surface area contributed by atoms with Crippen molar-refractivity contribution in [2.45, 2.75) is 19.3 Å².